The molecule has 1 aromatic rings. The van der Waals surface area contributed by atoms with Crippen molar-refractivity contribution in [2.24, 2.45) is 5.73 Å². The molecular weight excluding hydrogens is 198 g/mol. The third kappa shape index (κ3) is 1.39. The number of fused-ring (bicyclic) bond motifs is 1. The molecule has 76 valence electrons. The summed E-state index contributed by atoms with van der Waals surface area (Å²) in [6, 6.07) is 1.83. The van der Waals surface area contributed by atoms with Gasteiger partial charge in [-0.1, -0.05) is 17.7 Å². The topological polar surface area (TPSA) is 46.2 Å². The van der Waals surface area contributed by atoms with E-state index < -0.39 is 0 Å². The van der Waals surface area contributed by atoms with Crippen LogP contribution in [0, 0.1) is 0 Å². The first kappa shape index (κ1) is 9.81. The molecule has 2 rings (SSSR count). The van der Waals surface area contributed by atoms with Crippen LogP contribution in [-0.2, 0) is 12.8 Å². The molecule has 0 spiro atoms. The summed E-state index contributed by atoms with van der Waals surface area (Å²) in [5, 5.41) is 10.3. The fourth-order valence-corrected chi connectivity index (χ4v) is 2.37. The molecule has 0 aliphatic heterocycles. The Balaban J connectivity index is 2.61. The molecule has 0 bridgehead atoms. The summed E-state index contributed by atoms with van der Waals surface area (Å²) in [5.41, 5.74) is 8.87. The number of phenols is 1. The Kier molecular flexibility index (Phi) is 2.41. The Hall–Kier alpha value is -0.730. The fourth-order valence-electron chi connectivity index (χ4n) is 2.05. The van der Waals surface area contributed by atoms with Gasteiger partial charge < -0.3 is 10.8 Å². The second-order valence-corrected chi connectivity index (χ2v) is 4.29. The number of nitrogens with two attached hydrogens (primary N) is 1. The lowest BCUT2D eigenvalue weighted by Gasteiger charge is -2.13. The van der Waals surface area contributed by atoms with Crippen molar-refractivity contribution < 1.29 is 5.11 Å². The summed E-state index contributed by atoms with van der Waals surface area (Å²) in [4.78, 5) is 0. The van der Waals surface area contributed by atoms with Crippen LogP contribution >= 0.6 is 11.6 Å². The lowest BCUT2D eigenvalue weighted by atomic mass is 10.0. The van der Waals surface area contributed by atoms with Gasteiger partial charge in [-0.2, -0.15) is 0 Å². The molecule has 0 amide bonds. The first-order valence-corrected chi connectivity index (χ1v) is 5.27. The highest BCUT2D eigenvalue weighted by Crippen LogP contribution is 2.39. The van der Waals surface area contributed by atoms with Crippen molar-refractivity contribution in [3.05, 3.63) is 27.8 Å². The normalized spacial score (nSPS) is 16.8. The molecule has 14 heavy (non-hydrogen) atoms. The van der Waals surface area contributed by atoms with E-state index in [4.69, 9.17) is 17.3 Å². The maximum atomic E-state index is 9.82. The largest absolute Gasteiger partial charge is 0.506 e. The molecule has 1 atom stereocenters. The maximum absolute atomic E-state index is 9.82. The van der Waals surface area contributed by atoms with Gasteiger partial charge >= 0.3 is 0 Å². The van der Waals surface area contributed by atoms with Gasteiger partial charge in [0.2, 0.25) is 0 Å². The van der Waals surface area contributed by atoms with E-state index in [0.29, 0.717) is 5.02 Å². The van der Waals surface area contributed by atoms with E-state index in [9.17, 15) is 5.11 Å². The molecule has 3 N–H and O–H groups in total. The van der Waals surface area contributed by atoms with Gasteiger partial charge in [0.1, 0.15) is 5.75 Å². The van der Waals surface area contributed by atoms with Crippen LogP contribution in [0.3, 0.4) is 0 Å². The van der Waals surface area contributed by atoms with Crippen molar-refractivity contribution in [3.63, 3.8) is 0 Å². The van der Waals surface area contributed by atoms with Crippen LogP contribution in [0.15, 0.2) is 6.07 Å². The standard InChI is InChI=1S/C11H14ClNO/c1-6(13)9-5-7-3-2-4-8(7)10(12)11(9)14/h5-6,14H,2-4,13H2,1H3. The number of aryl methyl sites for hydroxylation is 1. The first-order valence-electron chi connectivity index (χ1n) is 4.90. The van der Waals surface area contributed by atoms with Crippen LogP contribution in [-0.4, -0.2) is 5.11 Å². The summed E-state index contributed by atoms with van der Waals surface area (Å²) < 4.78 is 0. The molecule has 1 aliphatic carbocycles. The molecule has 2 nitrogen and oxygen atoms in total. The highest BCUT2D eigenvalue weighted by Gasteiger charge is 2.21. The Morgan fingerprint density at radius 2 is 2.21 bits per heavy atom. The molecule has 0 radical (unpaired) electrons. The zero-order valence-electron chi connectivity index (χ0n) is 8.18. The summed E-state index contributed by atoms with van der Waals surface area (Å²) in [6.45, 7) is 1.85. The minimum Gasteiger partial charge on any atom is -0.506 e. The SMILES string of the molecule is CC(N)c1cc2c(c(Cl)c1O)CCC2. The summed E-state index contributed by atoms with van der Waals surface area (Å²) in [7, 11) is 0. The van der Waals surface area contributed by atoms with E-state index in [1.165, 1.54) is 5.56 Å². The van der Waals surface area contributed by atoms with Crippen molar-refractivity contribution >= 4 is 11.6 Å². The van der Waals surface area contributed by atoms with Crippen LogP contribution in [0.25, 0.3) is 0 Å². The first-order chi connectivity index (χ1) is 6.61. The summed E-state index contributed by atoms with van der Waals surface area (Å²) >= 11 is 6.08. The summed E-state index contributed by atoms with van der Waals surface area (Å²) in [5.74, 6) is 0.169. The second kappa shape index (κ2) is 3.44. The predicted octanol–water partition coefficient (Wildman–Crippen LogP) is 2.55. The average molecular weight is 212 g/mol. The highest BCUT2D eigenvalue weighted by atomic mass is 35.5. The number of phenolic OH excluding ortho intramolecular Hbond substituents is 1. The molecule has 3 heteroatoms. The Morgan fingerprint density at radius 1 is 1.50 bits per heavy atom. The number of hydrogen-bond donors (Lipinski definition) is 2. The lowest BCUT2D eigenvalue weighted by Crippen LogP contribution is -2.06. The second-order valence-electron chi connectivity index (χ2n) is 3.91. The third-order valence-electron chi connectivity index (χ3n) is 2.83. The van der Waals surface area contributed by atoms with Gasteiger partial charge in [0.25, 0.3) is 0 Å². The smallest absolute Gasteiger partial charge is 0.139 e. The van der Waals surface area contributed by atoms with Gasteiger partial charge in [-0.3, -0.25) is 0 Å². The predicted molar refractivity (Wildman–Crippen MR) is 57.7 cm³/mol. The van der Waals surface area contributed by atoms with Gasteiger partial charge in [-0.25, -0.2) is 0 Å². The third-order valence-corrected chi connectivity index (χ3v) is 3.23. The average Bonchev–Trinajstić information content (AvgIpc) is 2.58. The zero-order chi connectivity index (χ0) is 10.3. The van der Waals surface area contributed by atoms with Crippen LogP contribution in [0.1, 0.15) is 36.1 Å². The van der Waals surface area contributed by atoms with Crippen molar-refractivity contribution in [1.29, 1.82) is 0 Å². The van der Waals surface area contributed by atoms with Crippen molar-refractivity contribution in [2.45, 2.75) is 32.2 Å². The lowest BCUT2D eigenvalue weighted by molar-refractivity contribution is 0.463. The highest BCUT2D eigenvalue weighted by molar-refractivity contribution is 6.33. The van der Waals surface area contributed by atoms with E-state index in [2.05, 4.69) is 0 Å². The van der Waals surface area contributed by atoms with Crippen LogP contribution in [0.5, 0.6) is 5.75 Å². The summed E-state index contributed by atoms with van der Waals surface area (Å²) in [6.07, 6.45) is 3.15. The van der Waals surface area contributed by atoms with E-state index in [-0.39, 0.29) is 11.8 Å². The Bertz CT molecular complexity index is 374. The minimum atomic E-state index is -0.168. The number of rotatable bonds is 1. The monoisotopic (exact) mass is 211 g/mol. The Labute approximate surface area is 88.7 Å². The van der Waals surface area contributed by atoms with Crippen molar-refractivity contribution in [2.75, 3.05) is 0 Å². The molecule has 1 aliphatic rings. The van der Waals surface area contributed by atoms with Gasteiger partial charge in [0.05, 0.1) is 5.02 Å². The van der Waals surface area contributed by atoms with Crippen molar-refractivity contribution in [1.82, 2.24) is 0 Å². The molecule has 0 fully saturated rings. The van der Waals surface area contributed by atoms with E-state index in [0.717, 1.165) is 30.4 Å². The van der Waals surface area contributed by atoms with Gasteiger partial charge in [-0.15, -0.1) is 0 Å². The minimum absolute atomic E-state index is 0.168. The molecule has 0 heterocycles. The van der Waals surface area contributed by atoms with Gasteiger partial charge in [0.15, 0.2) is 0 Å². The number of benzene rings is 1. The number of aromatic hydroxyl groups is 1. The van der Waals surface area contributed by atoms with E-state index in [1.807, 2.05) is 13.0 Å². The quantitative estimate of drug-likeness (QED) is 0.750. The fraction of sp³-hybridized carbons (Fsp3) is 0.455. The molecule has 1 aromatic carbocycles. The molecule has 0 saturated carbocycles. The van der Waals surface area contributed by atoms with Crippen molar-refractivity contribution in [3.8, 4) is 5.75 Å². The molecule has 0 saturated heterocycles. The van der Waals surface area contributed by atoms with Gasteiger partial charge in [0, 0.05) is 11.6 Å². The van der Waals surface area contributed by atoms with E-state index in [1.54, 1.807) is 0 Å². The zero-order valence-corrected chi connectivity index (χ0v) is 8.93. The van der Waals surface area contributed by atoms with Crippen LogP contribution < -0.4 is 5.73 Å². The van der Waals surface area contributed by atoms with Crippen LogP contribution in [0.4, 0.5) is 0 Å². The molecular formula is C11H14ClNO. The van der Waals surface area contributed by atoms with Gasteiger partial charge in [-0.05, 0) is 37.3 Å². The van der Waals surface area contributed by atoms with E-state index >= 15 is 0 Å². The Morgan fingerprint density at radius 3 is 2.86 bits per heavy atom. The number of halogens is 1. The number of hydrogen-bond acceptors (Lipinski definition) is 2. The van der Waals surface area contributed by atoms with Crippen LogP contribution in [0.2, 0.25) is 5.02 Å². The molecule has 1 unspecified atom stereocenters. The molecule has 0 aromatic heterocycles. The maximum Gasteiger partial charge on any atom is 0.139 e.